The Hall–Kier alpha value is -2.93. The van der Waals surface area contributed by atoms with Gasteiger partial charge in [0.25, 0.3) is 11.6 Å². The molecule has 0 aliphatic carbocycles. The van der Waals surface area contributed by atoms with E-state index in [0.29, 0.717) is 23.8 Å². The third-order valence-electron chi connectivity index (χ3n) is 5.92. The maximum absolute atomic E-state index is 13.1. The highest BCUT2D eigenvalue weighted by molar-refractivity contribution is 6.30. The van der Waals surface area contributed by atoms with E-state index in [4.69, 9.17) is 16.7 Å². The first-order chi connectivity index (χ1) is 13.8. The molecule has 3 aromatic rings. The number of imidazole rings is 1. The van der Waals surface area contributed by atoms with Gasteiger partial charge in [0.15, 0.2) is 6.20 Å². The van der Waals surface area contributed by atoms with Gasteiger partial charge in [-0.15, -0.1) is 0 Å². The van der Waals surface area contributed by atoms with Gasteiger partial charge >= 0.3 is 11.6 Å². The highest BCUT2D eigenvalue weighted by Gasteiger charge is 2.60. The Bertz CT molecular complexity index is 1180. The van der Waals surface area contributed by atoms with E-state index in [-0.39, 0.29) is 17.7 Å². The minimum absolute atomic E-state index is 0.143. The van der Waals surface area contributed by atoms with Crippen LogP contribution in [-0.4, -0.2) is 39.4 Å². The number of hydrogen-bond acceptors (Lipinski definition) is 3. The molecule has 8 heteroatoms. The maximum atomic E-state index is 13.1. The average molecular weight is 411 g/mol. The third-order valence-corrected chi connectivity index (χ3v) is 6.17. The molecular weight excluding hydrogens is 390 g/mol. The number of piperazine rings is 1. The molecule has 4 heterocycles. The second-order valence-corrected chi connectivity index (χ2v) is 8.43. The van der Waals surface area contributed by atoms with Crippen molar-refractivity contribution < 1.29 is 14.2 Å². The lowest BCUT2D eigenvalue weighted by atomic mass is 10.0. The van der Waals surface area contributed by atoms with Crippen molar-refractivity contribution in [2.45, 2.75) is 32.4 Å². The minimum atomic E-state index is -1.09. The minimum Gasteiger partial charge on any atom is -0.349 e. The monoisotopic (exact) mass is 410 g/mol. The molecule has 0 spiro atoms. The molecule has 1 unspecified atom stereocenters. The third kappa shape index (κ3) is 2.37. The standard InChI is InChI=1S/C21H20ClN5O2/c1-12(2)15-10-16(13-4-6-14(22)7-5-13)24-26-11-17-19(28)25-9-8-23-20(29)21(25,3)27(17)18(15)26/h4-7,10-12H,8-9H2,1-3H3/p+1. The van der Waals surface area contributed by atoms with Crippen LogP contribution < -0.4 is 9.88 Å². The van der Waals surface area contributed by atoms with Crippen molar-refractivity contribution in [3.8, 4) is 11.3 Å². The molecular formula is C21H21ClN5O2+. The second-order valence-electron chi connectivity index (χ2n) is 8.00. The summed E-state index contributed by atoms with van der Waals surface area (Å²) >= 11 is 6.03. The van der Waals surface area contributed by atoms with E-state index in [2.05, 4.69) is 19.2 Å². The molecule has 0 radical (unpaired) electrons. The number of fused-ring (bicyclic) bond motifs is 5. The summed E-state index contributed by atoms with van der Waals surface area (Å²) in [6.07, 6.45) is 1.74. The van der Waals surface area contributed by atoms with Crippen molar-refractivity contribution in [2.75, 3.05) is 13.1 Å². The molecule has 7 nitrogen and oxygen atoms in total. The zero-order valence-electron chi connectivity index (χ0n) is 16.4. The number of nitrogens with one attached hydrogen (secondary N) is 1. The van der Waals surface area contributed by atoms with Gasteiger partial charge in [0.2, 0.25) is 5.69 Å². The number of nitrogens with zero attached hydrogens (tertiary/aromatic N) is 4. The summed E-state index contributed by atoms with van der Waals surface area (Å²) in [5, 5.41) is 8.33. The maximum Gasteiger partial charge on any atom is 0.313 e. The zero-order valence-corrected chi connectivity index (χ0v) is 17.2. The van der Waals surface area contributed by atoms with E-state index in [0.717, 1.165) is 22.5 Å². The lowest BCUT2D eigenvalue weighted by Gasteiger charge is -2.35. The van der Waals surface area contributed by atoms with Gasteiger partial charge in [-0.05, 0) is 24.1 Å². The van der Waals surface area contributed by atoms with Gasteiger partial charge < -0.3 is 5.32 Å². The molecule has 0 bridgehead atoms. The Morgan fingerprint density at radius 1 is 1.24 bits per heavy atom. The molecule has 2 aromatic heterocycles. The van der Waals surface area contributed by atoms with Crippen molar-refractivity contribution in [1.82, 2.24) is 19.8 Å². The summed E-state index contributed by atoms with van der Waals surface area (Å²) < 4.78 is 3.58. The van der Waals surface area contributed by atoms with Gasteiger partial charge in [0.05, 0.1) is 0 Å². The van der Waals surface area contributed by atoms with Crippen LogP contribution in [0.4, 0.5) is 0 Å². The predicted molar refractivity (Wildman–Crippen MR) is 108 cm³/mol. The van der Waals surface area contributed by atoms with E-state index in [1.165, 1.54) is 0 Å². The van der Waals surface area contributed by atoms with Crippen LogP contribution in [-0.2, 0) is 10.5 Å². The van der Waals surface area contributed by atoms with Gasteiger partial charge in [-0.25, -0.2) is 0 Å². The van der Waals surface area contributed by atoms with E-state index in [1.807, 2.05) is 34.9 Å². The molecule has 0 saturated carbocycles. The van der Waals surface area contributed by atoms with Gasteiger partial charge in [-0.2, -0.15) is 4.57 Å². The first-order valence-electron chi connectivity index (χ1n) is 9.67. The Morgan fingerprint density at radius 3 is 2.66 bits per heavy atom. The first-order valence-corrected chi connectivity index (χ1v) is 10.0. The lowest BCUT2D eigenvalue weighted by Crippen LogP contribution is -2.71. The molecule has 148 valence electrons. The van der Waals surface area contributed by atoms with E-state index in [1.54, 1.807) is 22.5 Å². The Labute approximate surface area is 172 Å². The molecule has 1 fully saturated rings. The molecule has 29 heavy (non-hydrogen) atoms. The first kappa shape index (κ1) is 18.1. The van der Waals surface area contributed by atoms with Crippen LogP contribution in [0.2, 0.25) is 5.02 Å². The van der Waals surface area contributed by atoms with Crippen molar-refractivity contribution in [3.05, 3.63) is 52.8 Å². The lowest BCUT2D eigenvalue weighted by molar-refractivity contribution is -0.732. The van der Waals surface area contributed by atoms with Crippen LogP contribution in [0.15, 0.2) is 36.5 Å². The molecule has 2 aliphatic rings. The summed E-state index contributed by atoms with van der Waals surface area (Å²) in [5.74, 6) is -0.154. The molecule has 1 N–H and O–H groups in total. The summed E-state index contributed by atoms with van der Waals surface area (Å²) in [7, 11) is 0. The normalized spacial score (nSPS) is 20.9. The molecule has 2 amide bonds. The van der Waals surface area contributed by atoms with Crippen LogP contribution >= 0.6 is 11.6 Å². The SMILES string of the molecule is CC(C)c1cc(-c2ccc(Cl)cc2)nn2cc3[n+](c12)C1(C)C(=O)NCCN1C3=O. The Morgan fingerprint density at radius 2 is 1.97 bits per heavy atom. The summed E-state index contributed by atoms with van der Waals surface area (Å²) in [5.41, 5.74) is 2.90. The number of carbonyl (C=O) groups is 2. The largest absolute Gasteiger partial charge is 0.349 e. The predicted octanol–water partition coefficient (Wildman–Crippen LogP) is 2.32. The quantitative estimate of drug-likeness (QED) is 0.659. The average Bonchev–Trinajstić information content (AvgIpc) is 3.18. The highest BCUT2D eigenvalue weighted by Crippen LogP contribution is 2.33. The summed E-state index contributed by atoms with van der Waals surface area (Å²) in [4.78, 5) is 27.6. The number of rotatable bonds is 2. The molecule has 1 aromatic carbocycles. The number of benzene rings is 1. The van der Waals surface area contributed by atoms with Crippen LogP contribution in [0.5, 0.6) is 0 Å². The van der Waals surface area contributed by atoms with Crippen molar-refractivity contribution in [3.63, 3.8) is 0 Å². The number of halogens is 1. The van der Waals surface area contributed by atoms with Crippen molar-refractivity contribution >= 4 is 29.1 Å². The van der Waals surface area contributed by atoms with Gasteiger partial charge in [0, 0.05) is 36.2 Å². The number of carbonyl (C=O) groups excluding carboxylic acids is 2. The van der Waals surface area contributed by atoms with Crippen LogP contribution in [0.3, 0.4) is 0 Å². The number of aromatic nitrogens is 3. The summed E-state index contributed by atoms with van der Waals surface area (Å²) in [6, 6.07) is 9.54. The number of hydrogen-bond donors (Lipinski definition) is 1. The van der Waals surface area contributed by atoms with E-state index in [9.17, 15) is 9.59 Å². The van der Waals surface area contributed by atoms with Crippen LogP contribution in [0, 0.1) is 0 Å². The fourth-order valence-electron chi connectivity index (χ4n) is 4.37. The molecule has 2 aliphatic heterocycles. The van der Waals surface area contributed by atoms with Crippen molar-refractivity contribution in [1.29, 1.82) is 0 Å². The van der Waals surface area contributed by atoms with Gasteiger partial charge in [-0.1, -0.05) is 47.2 Å². The zero-order chi connectivity index (χ0) is 20.5. The highest BCUT2D eigenvalue weighted by atomic mass is 35.5. The Balaban J connectivity index is 1.81. The molecule has 1 saturated heterocycles. The molecule has 5 rings (SSSR count). The smallest absolute Gasteiger partial charge is 0.313 e. The van der Waals surface area contributed by atoms with Crippen molar-refractivity contribution in [2.24, 2.45) is 0 Å². The molecule has 1 atom stereocenters. The fourth-order valence-corrected chi connectivity index (χ4v) is 4.50. The second kappa shape index (κ2) is 6.03. The summed E-state index contributed by atoms with van der Waals surface area (Å²) in [6.45, 7) is 6.94. The fraction of sp³-hybridized carbons (Fsp3) is 0.333. The van der Waals surface area contributed by atoms with Crippen LogP contribution in [0.1, 0.15) is 42.7 Å². The van der Waals surface area contributed by atoms with Crippen LogP contribution in [0.25, 0.3) is 16.9 Å². The topological polar surface area (TPSA) is 70.6 Å². The van der Waals surface area contributed by atoms with E-state index < -0.39 is 5.66 Å². The van der Waals surface area contributed by atoms with Gasteiger partial charge in [-0.3, -0.25) is 14.5 Å². The Kier molecular flexibility index (Phi) is 3.77. The van der Waals surface area contributed by atoms with E-state index >= 15 is 0 Å². The number of amides is 2. The van der Waals surface area contributed by atoms with Gasteiger partial charge in [0.1, 0.15) is 5.69 Å².